The lowest BCUT2D eigenvalue weighted by Gasteiger charge is -2.01. The van der Waals surface area contributed by atoms with Gasteiger partial charge in [0, 0.05) is 0 Å². The molecule has 2 aromatic heterocycles. The van der Waals surface area contributed by atoms with Gasteiger partial charge in [-0.25, -0.2) is 13.6 Å². The first-order valence-corrected chi connectivity index (χ1v) is 9.73. The molecule has 0 atom stereocenters. The van der Waals surface area contributed by atoms with Crippen molar-refractivity contribution in [2.75, 3.05) is 0 Å². The van der Waals surface area contributed by atoms with Gasteiger partial charge in [0.05, 0.1) is 29.6 Å². The lowest BCUT2D eigenvalue weighted by atomic mass is 10.3. The fourth-order valence-electron chi connectivity index (χ4n) is 2.05. The number of hydrogen-bond acceptors (Lipinski definition) is 7. The molecular formula is C15H13N3O4S3. The third-order valence-corrected chi connectivity index (χ3v) is 5.59. The van der Waals surface area contributed by atoms with E-state index in [-0.39, 0.29) is 10.8 Å². The number of rotatable bonds is 5. The van der Waals surface area contributed by atoms with Crippen LogP contribution in [0.3, 0.4) is 0 Å². The second kappa shape index (κ2) is 6.92. The molecule has 2 heterocycles. The number of aliphatic imine (C=N–C) groups is 1. The number of nitrogens with zero attached hydrogens (tertiary/aromatic N) is 2. The monoisotopic (exact) mass is 395 g/mol. The topological polar surface area (TPSA) is 111 Å². The standard InChI is InChI=1S/C15H13N3O4S3/c16-25(20,21)12-5-3-10(4-6-12)17-8-13-14(19)18(15(23)24-13)9-11-2-1-7-22-11/h1-8,19H,9H2,(H2,16,20,21). The second-order valence-electron chi connectivity index (χ2n) is 5.02. The van der Waals surface area contributed by atoms with Crippen LogP contribution in [-0.4, -0.2) is 24.3 Å². The van der Waals surface area contributed by atoms with E-state index in [1.165, 1.54) is 41.8 Å². The Bertz CT molecular complexity index is 1060. The van der Waals surface area contributed by atoms with Crippen LogP contribution in [0.5, 0.6) is 5.88 Å². The van der Waals surface area contributed by atoms with Crippen molar-refractivity contribution in [1.29, 1.82) is 0 Å². The van der Waals surface area contributed by atoms with Crippen molar-refractivity contribution in [2.24, 2.45) is 10.1 Å². The van der Waals surface area contributed by atoms with E-state index in [4.69, 9.17) is 21.8 Å². The normalized spacial score (nSPS) is 12.0. The number of aromatic nitrogens is 1. The Morgan fingerprint density at radius 3 is 2.64 bits per heavy atom. The van der Waals surface area contributed by atoms with Gasteiger partial charge in [0.2, 0.25) is 15.9 Å². The molecule has 3 rings (SSSR count). The molecule has 0 radical (unpaired) electrons. The molecule has 0 spiro atoms. The van der Waals surface area contributed by atoms with Gasteiger partial charge in [-0.1, -0.05) is 11.3 Å². The van der Waals surface area contributed by atoms with E-state index in [1.54, 1.807) is 23.0 Å². The van der Waals surface area contributed by atoms with Gasteiger partial charge >= 0.3 is 0 Å². The van der Waals surface area contributed by atoms with Gasteiger partial charge in [-0.3, -0.25) is 9.56 Å². The Morgan fingerprint density at radius 1 is 1.32 bits per heavy atom. The van der Waals surface area contributed by atoms with Gasteiger partial charge in [-0.2, -0.15) is 0 Å². The third-order valence-electron chi connectivity index (χ3n) is 3.28. The molecule has 0 aliphatic rings. The van der Waals surface area contributed by atoms with Crippen molar-refractivity contribution < 1.29 is 17.9 Å². The summed E-state index contributed by atoms with van der Waals surface area (Å²) in [5.74, 6) is 0.669. The molecule has 0 amide bonds. The van der Waals surface area contributed by atoms with Gasteiger partial charge in [0.15, 0.2) is 3.95 Å². The highest BCUT2D eigenvalue weighted by Crippen LogP contribution is 2.26. The maximum atomic E-state index is 11.2. The molecule has 0 aliphatic heterocycles. The maximum Gasteiger partial charge on any atom is 0.238 e. The first-order valence-electron chi connectivity index (χ1n) is 6.96. The molecule has 3 aromatic rings. The van der Waals surface area contributed by atoms with Gasteiger partial charge in [0.25, 0.3) is 0 Å². The minimum absolute atomic E-state index is 0.00342. The maximum absolute atomic E-state index is 11.2. The Labute approximate surface area is 152 Å². The zero-order valence-corrected chi connectivity index (χ0v) is 15.1. The molecule has 0 aliphatic carbocycles. The van der Waals surface area contributed by atoms with E-state index in [0.29, 0.717) is 26.8 Å². The molecule has 0 bridgehead atoms. The van der Waals surface area contributed by atoms with Crippen molar-refractivity contribution in [1.82, 2.24) is 4.57 Å². The SMILES string of the molecule is NS(=O)(=O)c1ccc(N=Cc2sc(=S)n(Cc3ccco3)c2O)cc1. The molecule has 0 unspecified atom stereocenters. The van der Waals surface area contributed by atoms with Crippen LogP contribution in [0.15, 0.2) is 57.0 Å². The van der Waals surface area contributed by atoms with Gasteiger partial charge < -0.3 is 9.52 Å². The third kappa shape index (κ3) is 4.04. The number of nitrogens with two attached hydrogens (primary N) is 1. The Balaban J connectivity index is 1.83. The van der Waals surface area contributed by atoms with E-state index >= 15 is 0 Å². The molecule has 10 heteroatoms. The largest absolute Gasteiger partial charge is 0.493 e. The molecule has 7 nitrogen and oxygen atoms in total. The zero-order valence-electron chi connectivity index (χ0n) is 12.7. The highest BCUT2D eigenvalue weighted by atomic mass is 32.2. The number of primary sulfonamides is 1. The van der Waals surface area contributed by atoms with E-state index in [2.05, 4.69) is 4.99 Å². The first-order chi connectivity index (χ1) is 11.8. The van der Waals surface area contributed by atoms with Gasteiger partial charge in [-0.05, 0) is 48.6 Å². The summed E-state index contributed by atoms with van der Waals surface area (Å²) in [7, 11) is -3.74. The minimum atomic E-state index is -3.74. The number of hydrogen-bond donors (Lipinski definition) is 2. The Kier molecular flexibility index (Phi) is 4.86. The van der Waals surface area contributed by atoms with Crippen LogP contribution in [0.25, 0.3) is 0 Å². The van der Waals surface area contributed by atoms with E-state index in [9.17, 15) is 13.5 Å². The fourth-order valence-corrected chi connectivity index (χ4v) is 3.74. The van der Waals surface area contributed by atoms with Crippen LogP contribution in [0.2, 0.25) is 0 Å². The second-order valence-corrected chi connectivity index (χ2v) is 8.26. The summed E-state index contributed by atoms with van der Waals surface area (Å²) < 4.78 is 29.7. The van der Waals surface area contributed by atoms with Crippen LogP contribution in [-0.2, 0) is 16.6 Å². The average molecular weight is 395 g/mol. The lowest BCUT2D eigenvalue weighted by Crippen LogP contribution is -2.11. The predicted molar refractivity (Wildman–Crippen MR) is 97.7 cm³/mol. The summed E-state index contributed by atoms with van der Waals surface area (Å²) in [5, 5.41) is 15.4. The minimum Gasteiger partial charge on any atom is -0.493 e. The molecule has 0 saturated carbocycles. The highest BCUT2D eigenvalue weighted by molar-refractivity contribution is 7.89. The van der Waals surface area contributed by atoms with Crippen LogP contribution in [0.4, 0.5) is 5.69 Å². The Morgan fingerprint density at radius 2 is 2.04 bits per heavy atom. The van der Waals surface area contributed by atoms with Crippen molar-refractivity contribution >= 4 is 45.5 Å². The van der Waals surface area contributed by atoms with E-state index < -0.39 is 10.0 Å². The number of furan rings is 1. The molecular weight excluding hydrogens is 382 g/mol. The molecule has 130 valence electrons. The smallest absolute Gasteiger partial charge is 0.238 e. The highest BCUT2D eigenvalue weighted by Gasteiger charge is 2.12. The summed E-state index contributed by atoms with van der Waals surface area (Å²) in [6.45, 7) is 0.324. The lowest BCUT2D eigenvalue weighted by molar-refractivity contribution is 0.407. The molecule has 25 heavy (non-hydrogen) atoms. The van der Waals surface area contributed by atoms with E-state index in [0.717, 1.165) is 0 Å². The quantitative estimate of drug-likeness (QED) is 0.509. The van der Waals surface area contributed by atoms with Crippen molar-refractivity contribution in [3.63, 3.8) is 0 Å². The molecule has 3 N–H and O–H groups in total. The predicted octanol–water partition coefficient (Wildman–Crippen LogP) is 3.02. The van der Waals surface area contributed by atoms with Crippen LogP contribution in [0, 0.1) is 3.95 Å². The summed E-state index contributed by atoms with van der Waals surface area (Å²) in [5.41, 5.74) is 0.517. The number of benzene rings is 1. The average Bonchev–Trinajstić information content (AvgIpc) is 3.16. The summed E-state index contributed by atoms with van der Waals surface area (Å²) >= 11 is 6.47. The number of aromatic hydroxyl groups is 1. The van der Waals surface area contributed by atoms with Crippen molar-refractivity contribution in [3.8, 4) is 5.88 Å². The van der Waals surface area contributed by atoms with Crippen LogP contribution in [0.1, 0.15) is 10.6 Å². The summed E-state index contributed by atoms with van der Waals surface area (Å²) in [6.07, 6.45) is 3.02. The Hall–Kier alpha value is -2.27. The molecule has 0 fully saturated rings. The number of thiazole rings is 1. The summed E-state index contributed by atoms with van der Waals surface area (Å²) in [6, 6.07) is 9.33. The van der Waals surface area contributed by atoms with Crippen LogP contribution < -0.4 is 5.14 Å². The van der Waals surface area contributed by atoms with Gasteiger partial charge in [0.1, 0.15) is 10.6 Å². The van der Waals surface area contributed by atoms with E-state index in [1.807, 2.05) is 0 Å². The molecule has 0 saturated heterocycles. The van der Waals surface area contributed by atoms with Crippen molar-refractivity contribution in [2.45, 2.75) is 11.4 Å². The first kappa shape index (κ1) is 17.5. The molecule has 1 aromatic carbocycles. The number of sulfonamides is 1. The van der Waals surface area contributed by atoms with Gasteiger partial charge in [-0.15, -0.1) is 0 Å². The summed E-state index contributed by atoms with van der Waals surface area (Å²) in [4.78, 5) is 4.72. The van der Waals surface area contributed by atoms with Crippen molar-refractivity contribution in [3.05, 3.63) is 57.3 Å². The fraction of sp³-hybridized carbons (Fsp3) is 0.0667. The van der Waals surface area contributed by atoms with Crippen LogP contribution >= 0.6 is 23.6 Å². The zero-order chi connectivity index (χ0) is 18.0.